The molecule has 4 heterocycles. The van der Waals surface area contributed by atoms with Gasteiger partial charge in [0.05, 0.1) is 24.1 Å². The molecule has 178 valence electrons. The first-order valence-corrected chi connectivity index (χ1v) is 11.5. The molecule has 0 bridgehead atoms. The molecule has 0 unspecified atom stereocenters. The largest absolute Gasteiger partial charge is 0.492 e. The van der Waals surface area contributed by atoms with Gasteiger partial charge >= 0.3 is 0 Å². The van der Waals surface area contributed by atoms with Crippen LogP contribution in [0.3, 0.4) is 0 Å². The summed E-state index contributed by atoms with van der Waals surface area (Å²) in [5, 5.41) is 0.677. The summed E-state index contributed by atoms with van der Waals surface area (Å²) in [4.78, 5) is 13.9. The van der Waals surface area contributed by atoms with Gasteiger partial charge in [-0.1, -0.05) is 0 Å². The molecule has 3 aliphatic rings. The van der Waals surface area contributed by atoms with E-state index in [9.17, 15) is 0 Å². The molecule has 2 N–H and O–H groups in total. The molecule has 2 fully saturated rings. The Bertz CT molecular complexity index is 1000. The molecular formula is C23H31N5O5. The molecule has 1 aromatic heterocycles. The summed E-state index contributed by atoms with van der Waals surface area (Å²) < 4.78 is 28.6. The third-order valence-electron chi connectivity index (χ3n) is 6.19. The second-order valence-electron chi connectivity index (χ2n) is 8.58. The van der Waals surface area contributed by atoms with Gasteiger partial charge in [-0.15, -0.1) is 0 Å². The van der Waals surface area contributed by atoms with Crippen molar-refractivity contribution < 1.29 is 23.7 Å². The lowest BCUT2D eigenvalue weighted by Gasteiger charge is -2.32. The van der Waals surface area contributed by atoms with Crippen LogP contribution in [0.2, 0.25) is 0 Å². The lowest BCUT2D eigenvalue weighted by molar-refractivity contribution is 0.0261. The van der Waals surface area contributed by atoms with Gasteiger partial charge in [0.2, 0.25) is 18.4 Å². The van der Waals surface area contributed by atoms with Crippen LogP contribution < -0.4 is 15.2 Å². The molecule has 0 atom stereocenters. The van der Waals surface area contributed by atoms with Gasteiger partial charge in [-0.2, -0.15) is 0 Å². The Kier molecular flexibility index (Phi) is 6.65. The van der Waals surface area contributed by atoms with Crippen molar-refractivity contribution in [2.24, 2.45) is 0 Å². The predicted octanol–water partition coefficient (Wildman–Crippen LogP) is 1.70. The highest BCUT2D eigenvalue weighted by atomic mass is 16.7. The van der Waals surface area contributed by atoms with Crippen molar-refractivity contribution in [3.63, 3.8) is 0 Å². The zero-order chi connectivity index (χ0) is 22.6. The monoisotopic (exact) mass is 457 g/mol. The summed E-state index contributed by atoms with van der Waals surface area (Å²) >= 11 is 0. The Morgan fingerprint density at radius 2 is 1.94 bits per heavy atom. The number of hydrogen-bond acceptors (Lipinski definition) is 10. The third-order valence-corrected chi connectivity index (χ3v) is 6.19. The third kappa shape index (κ3) is 5.23. The number of ether oxygens (including phenoxy) is 5. The van der Waals surface area contributed by atoms with Gasteiger partial charge in [-0.3, -0.25) is 4.90 Å². The summed E-state index contributed by atoms with van der Waals surface area (Å²) in [6.45, 7) is 7.25. The van der Waals surface area contributed by atoms with Crippen molar-refractivity contribution in [2.45, 2.75) is 18.9 Å². The van der Waals surface area contributed by atoms with Gasteiger partial charge in [-0.25, -0.2) is 9.97 Å². The van der Waals surface area contributed by atoms with E-state index in [2.05, 4.69) is 26.8 Å². The highest BCUT2D eigenvalue weighted by molar-refractivity contribution is 5.95. The normalized spacial score (nSPS) is 20.3. The molecule has 0 amide bonds. The molecule has 3 aliphatic heterocycles. The highest BCUT2D eigenvalue weighted by Crippen LogP contribution is 2.36. The summed E-state index contributed by atoms with van der Waals surface area (Å²) in [5.74, 6) is 2.49. The van der Waals surface area contributed by atoms with Crippen LogP contribution in [-0.2, 0) is 14.2 Å². The second kappa shape index (κ2) is 9.98. The molecule has 0 spiro atoms. The number of hydrogen-bond donors (Lipinski definition) is 1. The predicted molar refractivity (Wildman–Crippen MR) is 123 cm³/mol. The minimum atomic E-state index is 0.0517. The Hall–Kier alpha value is -2.82. The molecule has 10 heteroatoms. The smallest absolute Gasteiger partial charge is 0.230 e. The molecule has 2 saturated heterocycles. The van der Waals surface area contributed by atoms with Gasteiger partial charge in [0.25, 0.3) is 0 Å². The number of benzene rings is 1. The molecule has 1 aromatic carbocycles. The van der Waals surface area contributed by atoms with Gasteiger partial charge in [0.1, 0.15) is 36.3 Å². The van der Waals surface area contributed by atoms with Crippen molar-refractivity contribution >= 4 is 22.5 Å². The van der Waals surface area contributed by atoms with E-state index in [-0.39, 0.29) is 12.9 Å². The van der Waals surface area contributed by atoms with Crippen LogP contribution in [0.25, 0.3) is 16.7 Å². The van der Waals surface area contributed by atoms with Gasteiger partial charge in [-0.05, 0) is 7.05 Å². The molecule has 2 aromatic rings. The summed E-state index contributed by atoms with van der Waals surface area (Å²) in [5.41, 5.74) is 7.00. The van der Waals surface area contributed by atoms with E-state index in [0.717, 1.165) is 45.6 Å². The van der Waals surface area contributed by atoms with Crippen LogP contribution in [0.4, 0.5) is 5.82 Å². The highest BCUT2D eigenvalue weighted by Gasteiger charge is 2.22. The lowest BCUT2D eigenvalue weighted by atomic mass is 10.1. The van der Waals surface area contributed by atoms with Crippen LogP contribution >= 0.6 is 0 Å². The number of nitrogen functional groups attached to an aromatic ring is 1. The fraction of sp³-hybridized carbons (Fsp3) is 0.565. The van der Waals surface area contributed by atoms with E-state index in [0.29, 0.717) is 59.6 Å². The van der Waals surface area contributed by atoms with Crippen LogP contribution in [0.5, 0.6) is 11.5 Å². The van der Waals surface area contributed by atoms with E-state index in [1.807, 2.05) is 12.1 Å². The van der Waals surface area contributed by atoms with Crippen LogP contribution in [0.15, 0.2) is 18.4 Å². The van der Waals surface area contributed by atoms with Crippen molar-refractivity contribution in [1.29, 1.82) is 0 Å². The van der Waals surface area contributed by atoms with E-state index in [4.69, 9.17) is 29.4 Å². The van der Waals surface area contributed by atoms with Gasteiger partial charge in [0, 0.05) is 57.7 Å². The second-order valence-corrected chi connectivity index (χ2v) is 8.58. The molecule has 0 aliphatic carbocycles. The maximum atomic E-state index is 6.36. The fourth-order valence-electron chi connectivity index (χ4n) is 4.21. The van der Waals surface area contributed by atoms with Gasteiger partial charge in [0.15, 0.2) is 0 Å². The van der Waals surface area contributed by atoms with Crippen LogP contribution in [-0.4, -0.2) is 92.3 Å². The number of aromatic nitrogens is 2. The van der Waals surface area contributed by atoms with E-state index in [1.54, 1.807) is 0 Å². The molecule has 10 nitrogen and oxygen atoms in total. The van der Waals surface area contributed by atoms with Crippen LogP contribution in [0.1, 0.15) is 18.7 Å². The molecular weight excluding hydrogens is 426 g/mol. The lowest BCUT2D eigenvalue weighted by Crippen LogP contribution is -2.45. The quantitative estimate of drug-likeness (QED) is 0.660. The van der Waals surface area contributed by atoms with Gasteiger partial charge < -0.3 is 34.3 Å². The standard InChI is InChI=1S/C23H31N5O5/c1-27-4-6-28(7-5-27)8-11-31-17-12-18-21(19(13-17)33-16-2-9-29-10-3-16)22(24)26-23(25-18)20-14-30-15-32-20/h12-14,16H,2-11,15H2,1H3,(H2,24,25,26). The molecule has 0 saturated carbocycles. The average molecular weight is 458 g/mol. The number of likely N-dealkylation sites (N-methyl/N-ethyl adjacent to an activating group) is 1. The summed E-state index contributed by atoms with van der Waals surface area (Å²) in [6, 6.07) is 3.78. The SMILES string of the molecule is CN1CCN(CCOc2cc(OC3CCOCC3)c3c(N)nc(C4=COCO4)nc3c2)CC1. The van der Waals surface area contributed by atoms with E-state index < -0.39 is 0 Å². The molecule has 33 heavy (non-hydrogen) atoms. The first kappa shape index (κ1) is 22.0. The maximum Gasteiger partial charge on any atom is 0.230 e. The first-order chi connectivity index (χ1) is 16.2. The minimum Gasteiger partial charge on any atom is -0.492 e. The van der Waals surface area contributed by atoms with Crippen molar-refractivity contribution in [3.05, 3.63) is 24.2 Å². The van der Waals surface area contributed by atoms with Crippen LogP contribution in [0, 0.1) is 0 Å². The van der Waals surface area contributed by atoms with Crippen molar-refractivity contribution in [2.75, 3.05) is 72.1 Å². The fourth-order valence-corrected chi connectivity index (χ4v) is 4.21. The first-order valence-electron chi connectivity index (χ1n) is 11.5. The maximum absolute atomic E-state index is 6.36. The number of anilines is 1. The number of fused-ring (bicyclic) bond motifs is 1. The van der Waals surface area contributed by atoms with Crippen molar-refractivity contribution in [3.8, 4) is 11.5 Å². The Balaban J connectivity index is 1.39. The number of rotatable bonds is 7. The summed E-state index contributed by atoms with van der Waals surface area (Å²) in [7, 11) is 2.16. The zero-order valence-electron chi connectivity index (χ0n) is 19.0. The molecule has 0 radical (unpaired) electrons. The van der Waals surface area contributed by atoms with E-state index in [1.165, 1.54) is 6.26 Å². The zero-order valence-corrected chi connectivity index (χ0v) is 19.0. The summed E-state index contributed by atoms with van der Waals surface area (Å²) in [6.07, 6.45) is 3.20. The average Bonchev–Trinajstić information content (AvgIpc) is 3.36. The number of piperazine rings is 1. The Morgan fingerprint density at radius 3 is 2.70 bits per heavy atom. The van der Waals surface area contributed by atoms with Crippen molar-refractivity contribution in [1.82, 2.24) is 19.8 Å². The van der Waals surface area contributed by atoms with E-state index >= 15 is 0 Å². The molecule has 5 rings (SSSR count). The Morgan fingerprint density at radius 1 is 1.12 bits per heavy atom. The Labute approximate surface area is 193 Å². The number of nitrogens with zero attached hydrogens (tertiary/aromatic N) is 4. The number of nitrogens with two attached hydrogens (primary N) is 1. The topological polar surface area (TPSA) is 104 Å². The minimum absolute atomic E-state index is 0.0517.